The van der Waals surface area contributed by atoms with Crippen molar-refractivity contribution in [2.24, 2.45) is 0 Å². The van der Waals surface area contributed by atoms with Crippen LogP contribution in [-0.4, -0.2) is 6.71 Å². The van der Waals surface area contributed by atoms with E-state index in [-0.39, 0.29) is 74.5 Å². The molecule has 0 bridgehead atoms. The minimum Gasteiger partial charge on any atom is -0.468 e. The van der Waals surface area contributed by atoms with Crippen molar-refractivity contribution in [2.45, 2.75) is 180 Å². The third-order valence-electron chi connectivity index (χ3n) is 19.7. The van der Waals surface area contributed by atoms with E-state index in [1.54, 1.807) is 0 Å². The highest BCUT2D eigenvalue weighted by Crippen LogP contribution is 2.56. The van der Waals surface area contributed by atoms with Crippen LogP contribution >= 0.6 is 0 Å². The Hall–Kier alpha value is -6.46. The zero-order chi connectivity index (χ0) is 58.5. The van der Waals surface area contributed by atoms with Gasteiger partial charge in [-0.2, -0.15) is 0 Å². The molecule has 392 valence electrons. The first-order chi connectivity index (χ1) is 38.3. The van der Waals surface area contributed by atoms with E-state index in [0.29, 0.717) is 11.4 Å². The lowest BCUT2D eigenvalue weighted by atomic mass is 9.35. The predicted molar refractivity (Wildman–Crippen MR) is 329 cm³/mol. The van der Waals surface area contributed by atoms with Crippen LogP contribution in [-0.2, 0) is 37.9 Å². The van der Waals surface area contributed by atoms with Gasteiger partial charge in [-0.1, -0.05) is 164 Å². The van der Waals surface area contributed by atoms with E-state index in [1.165, 1.54) is 38.9 Å². The number of anilines is 9. The fraction of sp³-hybridized carbons (Fsp3) is 0.389. The largest absolute Gasteiger partial charge is 0.468 e. The van der Waals surface area contributed by atoms with E-state index in [0.717, 1.165) is 100 Å². The molecule has 0 spiro atoms. The molecule has 0 N–H and O–H groups in total. The van der Waals surface area contributed by atoms with Gasteiger partial charge in [0.25, 0.3) is 6.71 Å². The van der Waals surface area contributed by atoms with Crippen LogP contribution in [0.1, 0.15) is 188 Å². The maximum atomic E-state index is 9.68. The summed E-state index contributed by atoms with van der Waals surface area (Å²) in [6.07, 6.45) is 6.46. The molecule has 1 aromatic heterocycles. The Morgan fingerprint density at radius 1 is 0.481 bits per heavy atom. The Labute approximate surface area is 468 Å². The number of rotatable bonds is 5. The minimum atomic E-state index is -0.427. The molecular weight excluding hydrogens is 934 g/mol. The van der Waals surface area contributed by atoms with Gasteiger partial charge in [-0.3, -0.25) is 0 Å². The first kappa shape index (κ1) is 44.5. The molecule has 3 aliphatic carbocycles. The fourth-order valence-electron chi connectivity index (χ4n) is 14.4. The molecule has 0 amide bonds. The molecule has 7 aromatic carbocycles. The van der Waals surface area contributed by atoms with Gasteiger partial charge in [0.1, 0.15) is 5.58 Å². The number of para-hydroxylation sites is 2. The summed E-state index contributed by atoms with van der Waals surface area (Å²) in [7, 11) is 0. The van der Waals surface area contributed by atoms with E-state index in [2.05, 4.69) is 193 Å². The van der Waals surface area contributed by atoms with Crippen LogP contribution < -0.4 is 31.3 Å². The van der Waals surface area contributed by atoms with Crippen molar-refractivity contribution < 1.29 is 11.3 Å². The van der Waals surface area contributed by atoms with Crippen molar-refractivity contribution in [3.05, 3.63) is 178 Å². The fourth-order valence-corrected chi connectivity index (χ4v) is 14.4. The highest BCUT2D eigenvalue weighted by molar-refractivity contribution is 7.00. The van der Waals surface area contributed by atoms with Crippen LogP contribution in [0.3, 0.4) is 0 Å². The summed E-state index contributed by atoms with van der Waals surface area (Å²) >= 11 is 0. The SMILES string of the molecule is [2H]c1c([2H])c([2H])c(N(c2ccccc2)c2cc3c4c(c2)N(c2ccc5c(c2)C(C)(C)CCC5(C)C)c2c(oc5cc6c(cc25)C(C)(C)CCC6(C)C)B4c2cc(C(C)(C)C)ccc2N3c2ccc3c(c2)C(C)(C)CCC3(C)C)c([2H])c1[2H]. The quantitative estimate of drug-likeness (QED) is 0.160. The molecule has 77 heavy (non-hydrogen) atoms. The second kappa shape index (κ2) is 16.5. The van der Waals surface area contributed by atoms with E-state index < -0.39 is 6.04 Å². The van der Waals surface area contributed by atoms with Crippen LogP contribution in [0.4, 0.5) is 51.2 Å². The zero-order valence-corrected chi connectivity index (χ0v) is 48.5. The molecule has 5 heteroatoms. The van der Waals surface area contributed by atoms with Gasteiger partial charge < -0.3 is 19.1 Å². The summed E-state index contributed by atoms with van der Waals surface area (Å²) in [6.45, 7) is 35.2. The van der Waals surface area contributed by atoms with Crippen molar-refractivity contribution in [3.8, 4) is 0 Å². The summed E-state index contributed by atoms with van der Waals surface area (Å²) in [6, 6.07) is 38.8. The van der Waals surface area contributed by atoms with Crippen LogP contribution in [0.15, 0.2) is 144 Å². The topological polar surface area (TPSA) is 22.9 Å². The van der Waals surface area contributed by atoms with Crippen LogP contribution in [0.5, 0.6) is 0 Å². The van der Waals surface area contributed by atoms with Crippen molar-refractivity contribution >= 4 is 85.5 Å². The first-order valence-electron chi connectivity index (χ1n) is 31.1. The van der Waals surface area contributed by atoms with Crippen molar-refractivity contribution in [1.29, 1.82) is 0 Å². The lowest BCUT2D eigenvalue weighted by Crippen LogP contribution is -2.61. The van der Waals surface area contributed by atoms with E-state index >= 15 is 0 Å². The molecule has 8 aromatic rings. The molecule has 0 radical (unpaired) electrons. The number of fused-ring (bicyclic) bond motifs is 9. The van der Waals surface area contributed by atoms with Gasteiger partial charge in [-0.15, -0.1) is 0 Å². The maximum Gasteiger partial charge on any atom is 0.297 e. The van der Waals surface area contributed by atoms with Gasteiger partial charge in [0.2, 0.25) is 0 Å². The van der Waals surface area contributed by atoms with Crippen LogP contribution in [0, 0.1) is 0 Å². The average Bonchev–Trinajstić information content (AvgIpc) is 2.37. The Kier molecular flexibility index (Phi) is 9.56. The second-order valence-corrected chi connectivity index (χ2v) is 28.6. The monoisotopic (exact) mass is 1020 g/mol. The second-order valence-electron chi connectivity index (χ2n) is 28.6. The standard InChI is InChI=1S/C72H80BN3O/c1-66(2,3)45-26-31-59-58(38-45)73-63-60(75(59)48-27-29-52-54(39-48)69(8,9)34-32-67(52,4)5)41-50(74(46-22-18-16-19-23-46)47-24-20-17-21-25-47)42-61(63)76(49-28-30-53-55(40-49)70(10,11)35-33-68(53,6)7)64-51-43-56-57(44-62(51)77-65(64)73)72(14,15)37-36-71(56,12)13/h16-31,38-44H,32-37H2,1-15H3/i16D,18D,19D,22D,23D. The molecule has 2 aliphatic heterocycles. The van der Waals surface area contributed by atoms with Gasteiger partial charge in [-0.25, -0.2) is 0 Å². The van der Waals surface area contributed by atoms with Crippen molar-refractivity contribution in [2.75, 3.05) is 14.7 Å². The highest BCUT2D eigenvalue weighted by Gasteiger charge is 2.50. The maximum absolute atomic E-state index is 9.68. The Morgan fingerprint density at radius 3 is 1.52 bits per heavy atom. The molecule has 0 unspecified atom stereocenters. The third kappa shape index (κ3) is 7.66. The normalized spacial score (nSPS) is 20.5. The number of hydrogen-bond acceptors (Lipinski definition) is 4. The minimum absolute atomic E-state index is 0.00437. The van der Waals surface area contributed by atoms with Gasteiger partial charge in [-0.05, 0) is 205 Å². The van der Waals surface area contributed by atoms with E-state index in [9.17, 15) is 2.74 Å². The smallest absolute Gasteiger partial charge is 0.297 e. The average molecular weight is 1020 g/mol. The molecule has 5 aliphatic rings. The summed E-state index contributed by atoms with van der Waals surface area (Å²) in [4.78, 5) is 6.87. The first-order valence-corrected chi connectivity index (χ1v) is 28.6. The molecule has 0 fully saturated rings. The zero-order valence-electron chi connectivity index (χ0n) is 53.5. The highest BCUT2D eigenvalue weighted by atomic mass is 16.3. The molecule has 0 saturated heterocycles. The lowest BCUT2D eigenvalue weighted by Gasteiger charge is -2.46. The number of benzene rings is 7. The molecule has 4 nitrogen and oxygen atoms in total. The van der Waals surface area contributed by atoms with Crippen LogP contribution in [0.25, 0.3) is 11.0 Å². The van der Waals surface area contributed by atoms with Gasteiger partial charge in [0.15, 0.2) is 0 Å². The Bertz CT molecular complexity index is 4000. The van der Waals surface area contributed by atoms with Gasteiger partial charge in [0, 0.05) is 45.2 Å². The summed E-state index contributed by atoms with van der Waals surface area (Å²) in [5.74, 6) is 0. The summed E-state index contributed by atoms with van der Waals surface area (Å²) in [5.41, 5.74) is 20.3. The molecule has 3 heterocycles. The molecule has 0 saturated carbocycles. The molecule has 0 atom stereocenters. The molecule has 13 rings (SSSR count). The van der Waals surface area contributed by atoms with E-state index in [4.69, 9.17) is 8.53 Å². The van der Waals surface area contributed by atoms with Crippen LogP contribution in [0.2, 0.25) is 0 Å². The Balaban J connectivity index is 1.22. The number of furan rings is 1. The van der Waals surface area contributed by atoms with Gasteiger partial charge in [0.05, 0.1) is 23.9 Å². The predicted octanol–water partition coefficient (Wildman–Crippen LogP) is 18.3. The third-order valence-corrected chi connectivity index (χ3v) is 19.7. The van der Waals surface area contributed by atoms with Crippen molar-refractivity contribution in [3.63, 3.8) is 0 Å². The summed E-state index contributed by atoms with van der Waals surface area (Å²) < 4.78 is 54.2. The molecular formula is C72H80BN3O. The van der Waals surface area contributed by atoms with E-state index in [1.807, 2.05) is 35.2 Å². The van der Waals surface area contributed by atoms with Crippen molar-refractivity contribution in [1.82, 2.24) is 0 Å². The lowest BCUT2D eigenvalue weighted by molar-refractivity contribution is 0.332. The number of hydrogen-bond donors (Lipinski definition) is 0. The summed E-state index contributed by atoms with van der Waals surface area (Å²) in [5, 5.41) is 1.07. The van der Waals surface area contributed by atoms with Gasteiger partial charge >= 0.3 is 0 Å². The number of nitrogens with zero attached hydrogens (tertiary/aromatic N) is 3. The Morgan fingerprint density at radius 2 is 0.974 bits per heavy atom.